The normalized spacial score (nSPS) is 20.8. The molecule has 16 heavy (non-hydrogen) atoms. The number of hydrogen-bond acceptors (Lipinski definition) is 4. The van der Waals surface area contributed by atoms with Gasteiger partial charge < -0.3 is 9.15 Å². The molecule has 0 saturated heterocycles. The Labute approximate surface area is 101 Å². The first-order chi connectivity index (χ1) is 7.66. The summed E-state index contributed by atoms with van der Waals surface area (Å²) in [5, 5.41) is 0. The predicted octanol–water partition coefficient (Wildman–Crippen LogP) is 2.71. The van der Waals surface area contributed by atoms with Gasteiger partial charge in [-0.1, -0.05) is 0 Å². The van der Waals surface area contributed by atoms with E-state index in [1.165, 1.54) is 6.07 Å². The molecule has 1 heterocycles. The Morgan fingerprint density at radius 1 is 1.44 bits per heavy atom. The Bertz CT molecular complexity index is 410. The summed E-state index contributed by atoms with van der Waals surface area (Å²) in [4.78, 5) is 23.0. The van der Waals surface area contributed by atoms with E-state index in [1.807, 2.05) is 0 Å². The van der Waals surface area contributed by atoms with Gasteiger partial charge in [-0.15, -0.1) is 0 Å². The topological polar surface area (TPSA) is 56.5 Å². The Morgan fingerprint density at radius 2 is 2.25 bits per heavy atom. The Morgan fingerprint density at radius 3 is 2.88 bits per heavy atom. The van der Waals surface area contributed by atoms with Gasteiger partial charge in [0.1, 0.15) is 0 Å². The zero-order valence-electron chi connectivity index (χ0n) is 8.57. The lowest BCUT2D eigenvalue weighted by Gasteiger charge is -2.19. The average molecular weight is 287 g/mol. The van der Waals surface area contributed by atoms with Gasteiger partial charge in [0.2, 0.25) is 5.76 Å². The predicted molar refractivity (Wildman–Crippen MR) is 59.1 cm³/mol. The maximum Gasteiger partial charge on any atom is 0.374 e. The fourth-order valence-electron chi connectivity index (χ4n) is 1.69. The highest BCUT2D eigenvalue weighted by molar-refractivity contribution is 9.10. The first-order valence-corrected chi connectivity index (χ1v) is 5.95. The van der Waals surface area contributed by atoms with Crippen LogP contribution in [-0.4, -0.2) is 17.9 Å². The van der Waals surface area contributed by atoms with Crippen molar-refractivity contribution in [2.75, 3.05) is 0 Å². The lowest BCUT2D eigenvalue weighted by Crippen LogP contribution is -2.30. The average Bonchev–Trinajstić information content (AvgIpc) is 2.68. The van der Waals surface area contributed by atoms with Crippen molar-refractivity contribution in [1.29, 1.82) is 0 Å². The molecule has 1 aliphatic carbocycles. The zero-order chi connectivity index (χ0) is 11.5. The first-order valence-electron chi connectivity index (χ1n) is 5.16. The number of hydrogen-bond donors (Lipinski definition) is 0. The molecule has 0 aliphatic heterocycles. The van der Waals surface area contributed by atoms with Crippen molar-refractivity contribution >= 4 is 27.7 Å². The van der Waals surface area contributed by atoms with E-state index in [0.29, 0.717) is 17.5 Å². The highest BCUT2D eigenvalue weighted by Gasteiger charge is 2.27. The van der Waals surface area contributed by atoms with E-state index in [0.717, 1.165) is 12.8 Å². The molecule has 1 aromatic heterocycles. The van der Waals surface area contributed by atoms with Crippen LogP contribution in [-0.2, 0) is 9.53 Å². The summed E-state index contributed by atoms with van der Waals surface area (Å²) < 4.78 is 10.6. The molecule has 0 radical (unpaired) electrons. The molecule has 1 atom stereocenters. The van der Waals surface area contributed by atoms with Crippen LogP contribution in [0.1, 0.15) is 36.2 Å². The molecular formula is C11H11BrO4. The third kappa shape index (κ3) is 2.52. The maximum absolute atomic E-state index is 11.6. The highest BCUT2D eigenvalue weighted by atomic mass is 79.9. The second-order valence-electron chi connectivity index (χ2n) is 3.71. The van der Waals surface area contributed by atoms with Gasteiger partial charge in [0, 0.05) is 6.42 Å². The number of carbonyl (C=O) groups is 2. The molecule has 1 aromatic rings. The van der Waals surface area contributed by atoms with Gasteiger partial charge >= 0.3 is 5.97 Å². The molecule has 0 aromatic carbocycles. The molecule has 5 heteroatoms. The minimum atomic E-state index is -0.592. The van der Waals surface area contributed by atoms with Crippen LogP contribution in [0.5, 0.6) is 0 Å². The molecule has 1 fully saturated rings. The van der Waals surface area contributed by atoms with Gasteiger partial charge in [0.15, 0.2) is 16.6 Å². The van der Waals surface area contributed by atoms with Crippen LogP contribution in [0.3, 0.4) is 0 Å². The number of furan rings is 1. The highest BCUT2D eigenvalue weighted by Crippen LogP contribution is 2.20. The zero-order valence-corrected chi connectivity index (χ0v) is 10.2. The molecular weight excluding hydrogens is 276 g/mol. The van der Waals surface area contributed by atoms with Crippen LogP contribution in [0.4, 0.5) is 0 Å². The van der Waals surface area contributed by atoms with E-state index in [-0.39, 0.29) is 11.5 Å². The number of ether oxygens (including phenoxy) is 1. The number of halogens is 1. The SMILES string of the molecule is O=C(OC1CCCCC1=O)c1ccc(Br)o1. The molecule has 0 bridgehead atoms. The van der Waals surface area contributed by atoms with Crippen LogP contribution in [0.25, 0.3) is 0 Å². The standard InChI is InChI=1S/C11H11BrO4/c12-10-6-5-9(15-10)11(14)16-8-4-2-1-3-7(8)13/h5-6,8H,1-4H2. The number of ketones is 1. The van der Waals surface area contributed by atoms with Crippen LogP contribution in [0, 0.1) is 0 Å². The lowest BCUT2D eigenvalue weighted by molar-refractivity contribution is -0.130. The largest absolute Gasteiger partial charge is 0.449 e. The molecule has 1 saturated carbocycles. The minimum Gasteiger partial charge on any atom is -0.449 e. The number of esters is 1. The van der Waals surface area contributed by atoms with Crippen molar-refractivity contribution in [3.63, 3.8) is 0 Å². The van der Waals surface area contributed by atoms with E-state index >= 15 is 0 Å². The number of rotatable bonds is 2. The van der Waals surface area contributed by atoms with E-state index in [9.17, 15) is 9.59 Å². The summed E-state index contributed by atoms with van der Waals surface area (Å²) in [5.74, 6) is -0.457. The van der Waals surface area contributed by atoms with Crippen molar-refractivity contribution < 1.29 is 18.7 Å². The van der Waals surface area contributed by atoms with Gasteiger partial charge in [-0.05, 0) is 47.3 Å². The Balaban J connectivity index is 1.99. The number of carbonyl (C=O) groups excluding carboxylic acids is 2. The summed E-state index contributed by atoms with van der Waals surface area (Å²) in [7, 11) is 0. The van der Waals surface area contributed by atoms with Crippen LogP contribution < -0.4 is 0 Å². The van der Waals surface area contributed by atoms with Gasteiger partial charge in [-0.25, -0.2) is 4.79 Å². The Hall–Kier alpha value is -1.10. The molecule has 2 rings (SSSR count). The monoisotopic (exact) mass is 286 g/mol. The third-order valence-corrected chi connectivity index (χ3v) is 2.95. The van der Waals surface area contributed by atoms with Gasteiger partial charge in [-0.2, -0.15) is 0 Å². The van der Waals surface area contributed by atoms with E-state index in [2.05, 4.69) is 15.9 Å². The second-order valence-corrected chi connectivity index (χ2v) is 4.49. The molecule has 1 aliphatic rings. The van der Waals surface area contributed by atoms with Gasteiger partial charge in [-0.3, -0.25) is 4.79 Å². The fraction of sp³-hybridized carbons (Fsp3) is 0.455. The van der Waals surface area contributed by atoms with Crippen LogP contribution in [0.2, 0.25) is 0 Å². The fourth-order valence-corrected chi connectivity index (χ4v) is 1.99. The van der Waals surface area contributed by atoms with Crippen LogP contribution in [0.15, 0.2) is 21.2 Å². The molecule has 4 nitrogen and oxygen atoms in total. The summed E-state index contributed by atoms with van der Waals surface area (Å²) in [5.41, 5.74) is 0. The van der Waals surface area contributed by atoms with E-state index in [4.69, 9.17) is 9.15 Å². The summed E-state index contributed by atoms with van der Waals surface area (Å²) in [6.45, 7) is 0. The minimum absolute atomic E-state index is 0.00484. The summed E-state index contributed by atoms with van der Waals surface area (Å²) in [6, 6.07) is 3.12. The summed E-state index contributed by atoms with van der Waals surface area (Å²) >= 11 is 3.10. The molecule has 0 spiro atoms. The lowest BCUT2D eigenvalue weighted by atomic mass is 9.96. The summed E-state index contributed by atoms with van der Waals surface area (Å²) in [6.07, 6.45) is 2.34. The van der Waals surface area contributed by atoms with Crippen LogP contribution >= 0.6 is 15.9 Å². The second kappa shape index (κ2) is 4.82. The van der Waals surface area contributed by atoms with Gasteiger partial charge in [0.05, 0.1) is 0 Å². The van der Waals surface area contributed by atoms with Crippen molar-refractivity contribution in [3.8, 4) is 0 Å². The van der Waals surface area contributed by atoms with E-state index < -0.39 is 12.1 Å². The Kier molecular flexibility index (Phi) is 3.43. The molecule has 86 valence electrons. The maximum atomic E-state index is 11.6. The van der Waals surface area contributed by atoms with Gasteiger partial charge in [0.25, 0.3) is 0 Å². The first kappa shape index (κ1) is 11.4. The quantitative estimate of drug-likeness (QED) is 0.785. The molecule has 0 N–H and O–H groups in total. The van der Waals surface area contributed by atoms with Crippen molar-refractivity contribution in [1.82, 2.24) is 0 Å². The smallest absolute Gasteiger partial charge is 0.374 e. The number of Topliss-reactive ketones (excluding diaryl/α,β-unsaturated/α-hetero) is 1. The molecule has 1 unspecified atom stereocenters. The molecule has 0 amide bonds. The third-order valence-electron chi connectivity index (χ3n) is 2.52. The van der Waals surface area contributed by atoms with E-state index in [1.54, 1.807) is 6.07 Å². The van der Waals surface area contributed by atoms with Crippen molar-refractivity contribution in [2.45, 2.75) is 31.8 Å². The van der Waals surface area contributed by atoms with Crippen molar-refractivity contribution in [2.24, 2.45) is 0 Å². The van der Waals surface area contributed by atoms with Crippen molar-refractivity contribution in [3.05, 3.63) is 22.6 Å².